The van der Waals surface area contributed by atoms with Gasteiger partial charge in [-0.3, -0.25) is 19.4 Å². The van der Waals surface area contributed by atoms with Crippen LogP contribution in [0.5, 0.6) is 0 Å². The highest BCUT2D eigenvalue weighted by atomic mass is 16.6. The van der Waals surface area contributed by atoms with E-state index in [1.54, 1.807) is 36.5 Å². The van der Waals surface area contributed by atoms with Crippen molar-refractivity contribution in [3.05, 3.63) is 77.6 Å². The van der Waals surface area contributed by atoms with Gasteiger partial charge in [-0.2, -0.15) is 5.21 Å². The first-order valence-corrected chi connectivity index (χ1v) is 19.1. The van der Waals surface area contributed by atoms with Crippen LogP contribution < -0.4 is 21.3 Å². The number of nitrogens with one attached hydrogen (secondary N) is 5. The molecule has 0 saturated heterocycles. The van der Waals surface area contributed by atoms with E-state index in [0.717, 1.165) is 53.6 Å². The van der Waals surface area contributed by atoms with Crippen LogP contribution in [0.25, 0.3) is 22.5 Å². The van der Waals surface area contributed by atoms with Crippen LogP contribution in [0.3, 0.4) is 0 Å². The number of anilines is 1. The molecule has 4 aromatic rings. The molecular formula is C41H54N10O5. The number of aromatic nitrogens is 5. The Morgan fingerprint density at radius 1 is 0.946 bits per heavy atom. The lowest BCUT2D eigenvalue weighted by atomic mass is 9.81. The number of carbonyl (C=O) groups is 4. The second-order valence-corrected chi connectivity index (χ2v) is 15.7. The van der Waals surface area contributed by atoms with Crippen LogP contribution in [-0.4, -0.2) is 99.7 Å². The first-order valence-electron chi connectivity index (χ1n) is 19.1. The molecule has 5 rings (SSSR count). The summed E-state index contributed by atoms with van der Waals surface area (Å²) in [6.07, 6.45) is 5.22. The minimum absolute atomic E-state index is 0.170. The summed E-state index contributed by atoms with van der Waals surface area (Å²) in [5.74, 6) is -0.295. The lowest BCUT2D eigenvalue weighted by Gasteiger charge is -2.29. The number of hydrogen-bond donors (Lipinski definition) is 5. The van der Waals surface area contributed by atoms with Gasteiger partial charge >= 0.3 is 6.09 Å². The zero-order valence-corrected chi connectivity index (χ0v) is 33.1. The molecule has 2 aromatic carbocycles. The van der Waals surface area contributed by atoms with E-state index in [9.17, 15) is 19.2 Å². The fourth-order valence-electron chi connectivity index (χ4n) is 6.61. The van der Waals surface area contributed by atoms with Gasteiger partial charge in [0.1, 0.15) is 17.3 Å². The average molecular weight is 767 g/mol. The van der Waals surface area contributed by atoms with Crippen molar-refractivity contribution in [3.63, 3.8) is 0 Å². The minimum Gasteiger partial charge on any atom is -0.444 e. The Morgan fingerprint density at radius 2 is 1.64 bits per heavy atom. The number of pyridine rings is 1. The number of alkyl carbamates (subject to hydrolysis) is 1. The van der Waals surface area contributed by atoms with Crippen molar-refractivity contribution in [1.29, 1.82) is 0 Å². The number of aromatic amines is 1. The molecule has 1 aliphatic rings. The predicted octanol–water partition coefficient (Wildman–Crippen LogP) is 4.92. The van der Waals surface area contributed by atoms with Gasteiger partial charge < -0.3 is 30.9 Å². The van der Waals surface area contributed by atoms with Crippen molar-refractivity contribution < 1.29 is 23.9 Å². The summed E-state index contributed by atoms with van der Waals surface area (Å²) < 4.78 is 5.35. The van der Waals surface area contributed by atoms with E-state index in [-0.39, 0.29) is 36.0 Å². The summed E-state index contributed by atoms with van der Waals surface area (Å²) in [4.78, 5) is 58.8. The molecule has 1 saturated carbocycles. The number of tetrazole rings is 1. The zero-order valence-electron chi connectivity index (χ0n) is 33.1. The number of hydrogen-bond acceptors (Lipinski definition) is 10. The van der Waals surface area contributed by atoms with Crippen molar-refractivity contribution in [3.8, 4) is 22.5 Å². The highest BCUT2D eigenvalue weighted by molar-refractivity contribution is 5.98. The summed E-state index contributed by atoms with van der Waals surface area (Å²) in [7, 11) is 4.00. The maximum Gasteiger partial charge on any atom is 0.407 e. The van der Waals surface area contributed by atoms with E-state index >= 15 is 0 Å². The van der Waals surface area contributed by atoms with Crippen LogP contribution in [0, 0.1) is 18.8 Å². The van der Waals surface area contributed by atoms with Crippen LogP contribution in [0.15, 0.2) is 60.8 Å². The van der Waals surface area contributed by atoms with Gasteiger partial charge in [0.2, 0.25) is 17.6 Å². The average Bonchev–Trinajstić information content (AvgIpc) is 3.71. The smallest absolute Gasteiger partial charge is 0.407 e. The maximum absolute atomic E-state index is 13.8. The molecule has 0 aliphatic heterocycles. The van der Waals surface area contributed by atoms with E-state index in [2.05, 4.69) is 51.8 Å². The summed E-state index contributed by atoms with van der Waals surface area (Å²) in [6.45, 7) is 9.37. The molecule has 2 heterocycles. The fraction of sp³-hybridized carbons (Fsp3) is 0.463. The Kier molecular flexibility index (Phi) is 14.3. The Labute approximate surface area is 328 Å². The first kappa shape index (κ1) is 41.5. The van der Waals surface area contributed by atoms with E-state index in [1.165, 1.54) is 0 Å². The summed E-state index contributed by atoms with van der Waals surface area (Å²) in [5.41, 5.74) is 4.67. The number of aryl methyl sites for hydroxylation is 1. The SMILES string of the molecule is Cc1cc(C(=O)NCCCN(C)C)ncc1-c1ccc(C[C@H](NC(=O)C2CCC(CNC(=O)OC(C)(C)C)CC2)C(=O)Nc2ccc(-c3nn[nH]n3)cc2)cc1. The number of ether oxygens (including phenoxy) is 1. The number of amides is 4. The molecule has 1 fully saturated rings. The van der Waals surface area contributed by atoms with Crippen molar-refractivity contribution >= 4 is 29.5 Å². The number of H-pyrrole nitrogens is 1. The second-order valence-electron chi connectivity index (χ2n) is 15.7. The van der Waals surface area contributed by atoms with Crippen LogP contribution in [0.1, 0.15) is 74.5 Å². The molecule has 5 N–H and O–H groups in total. The maximum atomic E-state index is 13.8. The van der Waals surface area contributed by atoms with Gasteiger partial charge in [0.15, 0.2) is 0 Å². The van der Waals surface area contributed by atoms with Crippen molar-refractivity contribution in [2.45, 2.75) is 77.9 Å². The van der Waals surface area contributed by atoms with Gasteiger partial charge in [0.05, 0.1) is 0 Å². The number of carbonyl (C=O) groups excluding carboxylic acids is 4. The Morgan fingerprint density at radius 3 is 2.27 bits per heavy atom. The lowest BCUT2D eigenvalue weighted by molar-refractivity contribution is -0.130. The van der Waals surface area contributed by atoms with Crippen molar-refractivity contribution in [2.24, 2.45) is 11.8 Å². The van der Waals surface area contributed by atoms with Gasteiger partial charge in [-0.05, 0) is 139 Å². The highest BCUT2D eigenvalue weighted by Crippen LogP contribution is 2.29. The van der Waals surface area contributed by atoms with Crippen LogP contribution in [0.4, 0.5) is 10.5 Å². The first-order chi connectivity index (χ1) is 26.7. The summed E-state index contributed by atoms with van der Waals surface area (Å²) in [5, 5.41) is 25.8. The third kappa shape index (κ3) is 12.4. The third-order valence-corrected chi connectivity index (χ3v) is 9.66. The standard InChI is InChI=1S/C41H54N10O5/c1-26-22-34(38(53)42-20-7-21-51(5)6)43-25-33(26)29-12-8-27(9-13-29)23-35(39(54)45-32-18-16-30(17-19-32)36-47-49-50-48-36)46-37(52)31-14-10-28(11-15-31)24-44-40(55)56-41(2,3)4/h8-9,12-13,16-19,22,25,28,31,35H,7,10-11,14-15,20-21,23-24H2,1-6H3,(H,42,53)(H,44,55)(H,45,54)(H,46,52)(H,47,48,49,50)/t28?,31?,35-/m0/s1. The molecule has 15 nitrogen and oxygen atoms in total. The molecule has 1 atom stereocenters. The third-order valence-electron chi connectivity index (χ3n) is 9.66. The number of nitrogens with zero attached hydrogens (tertiary/aromatic N) is 5. The molecule has 4 amide bonds. The summed E-state index contributed by atoms with van der Waals surface area (Å²) in [6, 6.07) is 15.8. The Hall–Kier alpha value is -5.70. The molecule has 298 valence electrons. The van der Waals surface area contributed by atoms with Gasteiger partial charge in [-0.1, -0.05) is 24.3 Å². The highest BCUT2D eigenvalue weighted by Gasteiger charge is 2.30. The second kappa shape index (κ2) is 19.2. The molecule has 0 spiro atoms. The Bertz CT molecular complexity index is 1920. The normalized spacial score (nSPS) is 16.1. The van der Waals surface area contributed by atoms with Crippen LogP contribution in [-0.2, 0) is 20.7 Å². The fourth-order valence-corrected chi connectivity index (χ4v) is 6.61. The zero-order chi connectivity index (χ0) is 40.2. The molecule has 1 aliphatic carbocycles. The lowest BCUT2D eigenvalue weighted by Crippen LogP contribution is -2.48. The molecule has 0 unspecified atom stereocenters. The number of benzene rings is 2. The van der Waals surface area contributed by atoms with Gasteiger partial charge in [-0.15, -0.1) is 10.2 Å². The molecule has 56 heavy (non-hydrogen) atoms. The molecule has 0 bridgehead atoms. The molecule has 2 aromatic heterocycles. The van der Waals surface area contributed by atoms with Gasteiger partial charge in [0.25, 0.3) is 5.91 Å². The monoisotopic (exact) mass is 766 g/mol. The quantitative estimate of drug-likeness (QED) is 0.104. The number of rotatable bonds is 15. The Balaban J connectivity index is 1.23. The van der Waals surface area contributed by atoms with E-state index < -0.39 is 17.7 Å². The topological polar surface area (TPSA) is 196 Å². The van der Waals surface area contributed by atoms with Crippen molar-refractivity contribution in [2.75, 3.05) is 39.0 Å². The van der Waals surface area contributed by atoms with Crippen LogP contribution >= 0.6 is 0 Å². The van der Waals surface area contributed by atoms with Crippen molar-refractivity contribution in [1.82, 2.24) is 46.5 Å². The molecular weight excluding hydrogens is 713 g/mol. The van der Waals surface area contributed by atoms with Crippen LogP contribution in [0.2, 0.25) is 0 Å². The predicted molar refractivity (Wildman–Crippen MR) is 213 cm³/mol. The largest absolute Gasteiger partial charge is 0.444 e. The molecule has 15 heteroatoms. The van der Waals surface area contributed by atoms with E-state index in [4.69, 9.17) is 4.74 Å². The van der Waals surface area contributed by atoms with Gasteiger partial charge in [0, 0.05) is 48.4 Å². The van der Waals surface area contributed by atoms with Gasteiger partial charge in [-0.25, -0.2) is 4.79 Å². The molecule has 0 radical (unpaired) electrons. The van der Waals surface area contributed by atoms with E-state index in [1.807, 2.05) is 66.1 Å². The minimum atomic E-state index is -0.851. The summed E-state index contributed by atoms with van der Waals surface area (Å²) >= 11 is 0. The van der Waals surface area contributed by atoms with E-state index in [0.29, 0.717) is 43.1 Å².